The molecule has 2 N–H and O–H groups in total. The van der Waals surface area contributed by atoms with Crippen LogP contribution in [0, 0.1) is 5.92 Å². The van der Waals surface area contributed by atoms with E-state index in [0.29, 0.717) is 18.9 Å². The molecule has 0 amide bonds. The van der Waals surface area contributed by atoms with Crippen molar-refractivity contribution in [3.8, 4) is 11.3 Å². The van der Waals surface area contributed by atoms with Gasteiger partial charge in [0.1, 0.15) is 11.0 Å². The summed E-state index contributed by atoms with van der Waals surface area (Å²) in [5, 5.41) is 15.2. The van der Waals surface area contributed by atoms with Crippen molar-refractivity contribution in [2.75, 3.05) is 0 Å². The van der Waals surface area contributed by atoms with Crippen LogP contribution in [0.4, 0.5) is 0 Å². The summed E-state index contributed by atoms with van der Waals surface area (Å²) in [4.78, 5) is 15.8. The van der Waals surface area contributed by atoms with Gasteiger partial charge < -0.3 is 5.11 Å². The Kier molecular flexibility index (Phi) is 5.47. The van der Waals surface area contributed by atoms with E-state index in [4.69, 9.17) is 0 Å². The Morgan fingerprint density at radius 1 is 1.33 bits per heavy atom. The SMILES string of the molecule is CC(C)C[C@H](NCc1nc(-c2ccccc2)cs1)C(=O)O. The molecule has 0 fully saturated rings. The van der Waals surface area contributed by atoms with Crippen molar-refractivity contribution in [2.45, 2.75) is 32.9 Å². The lowest BCUT2D eigenvalue weighted by atomic mass is 10.0. The number of hydrogen-bond acceptors (Lipinski definition) is 4. The Hall–Kier alpha value is -1.72. The van der Waals surface area contributed by atoms with Crippen LogP contribution in [0.3, 0.4) is 0 Å². The first kappa shape index (κ1) is 15.7. The van der Waals surface area contributed by atoms with Gasteiger partial charge >= 0.3 is 5.97 Å². The summed E-state index contributed by atoms with van der Waals surface area (Å²) < 4.78 is 0. The largest absolute Gasteiger partial charge is 0.480 e. The van der Waals surface area contributed by atoms with Crippen LogP contribution in [0.5, 0.6) is 0 Å². The van der Waals surface area contributed by atoms with Crippen molar-refractivity contribution in [3.05, 3.63) is 40.7 Å². The van der Waals surface area contributed by atoms with Crippen molar-refractivity contribution < 1.29 is 9.90 Å². The zero-order valence-corrected chi connectivity index (χ0v) is 13.1. The van der Waals surface area contributed by atoms with Crippen molar-refractivity contribution in [3.63, 3.8) is 0 Å². The average molecular weight is 304 g/mol. The molecule has 1 aromatic heterocycles. The Balaban J connectivity index is 1.98. The molecule has 1 atom stereocenters. The van der Waals surface area contributed by atoms with Gasteiger partial charge in [-0.3, -0.25) is 10.1 Å². The second kappa shape index (κ2) is 7.33. The molecule has 5 heteroatoms. The maximum absolute atomic E-state index is 11.2. The number of nitrogens with one attached hydrogen (secondary N) is 1. The summed E-state index contributed by atoms with van der Waals surface area (Å²) in [6.07, 6.45) is 0.617. The number of thiazole rings is 1. The number of aromatic nitrogens is 1. The third kappa shape index (κ3) is 4.65. The van der Waals surface area contributed by atoms with Gasteiger partial charge in [-0.05, 0) is 12.3 Å². The lowest BCUT2D eigenvalue weighted by Gasteiger charge is -2.15. The maximum Gasteiger partial charge on any atom is 0.320 e. The van der Waals surface area contributed by atoms with E-state index in [1.54, 1.807) is 11.3 Å². The van der Waals surface area contributed by atoms with Crippen LogP contribution in [0.25, 0.3) is 11.3 Å². The van der Waals surface area contributed by atoms with Crippen LogP contribution in [0.15, 0.2) is 35.7 Å². The highest BCUT2D eigenvalue weighted by Crippen LogP contribution is 2.21. The molecule has 2 aromatic rings. The van der Waals surface area contributed by atoms with E-state index in [2.05, 4.69) is 10.3 Å². The second-order valence-electron chi connectivity index (χ2n) is 5.39. The first-order chi connectivity index (χ1) is 10.1. The molecule has 1 aromatic carbocycles. The summed E-state index contributed by atoms with van der Waals surface area (Å²) >= 11 is 1.55. The summed E-state index contributed by atoms with van der Waals surface area (Å²) in [6.45, 7) is 4.53. The number of carboxylic acids is 1. The number of carboxylic acid groups (broad SMARTS) is 1. The Bertz CT molecular complexity index is 581. The predicted octanol–water partition coefficient (Wildman–Crippen LogP) is 3.40. The zero-order chi connectivity index (χ0) is 15.2. The molecule has 1 heterocycles. The lowest BCUT2D eigenvalue weighted by molar-refractivity contribution is -0.140. The van der Waals surface area contributed by atoms with Gasteiger partial charge in [0.2, 0.25) is 0 Å². The Morgan fingerprint density at radius 3 is 2.67 bits per heavy atom. The molecule has 21 heavy (non-hydrogen) atoms. The van der Waals surface area contributed by atoms with Crippen molar-refractivity contribution >= 4 is 17.3 Å². The number of rotatable bonds is 7. The highest BCUT2D eigenvalue weighted by Gasteiger charge is 2.18. The van der Waals surface area contributed by atoms with Crippen LogP contribution < -0.4 is 5.32 Å². The Morgan fingerprint density at radius 2 is 2.05 bits per heavy atom. The molecule has 0 bridgehead atoms. The van der Waals surface area contributed by atoms with E-state index in [1.807, 2.05) is 49.6 Å². The fourth-order valence-corrected chi connectivity index (χ4v) is 2.84. The predicted molar refractivity (Wildman–Crippen MR) is 85.3 cm³/mol. The van der Waals surface area contributed by atoms with Gasteiger partial charge in [-0.1, -0.05) is 44.2 Å². The third-order valence-electron chi connectivity index (χ3n) is 3.13. The summed E-state index contributed by atoms with van der Waals surface area (Å²) in [7, 11) is 0. The summed E-state index contributed by atoms with van der Waals surface area (Å²) in [5.74, 6) is -0.460. The average Bonchev–Trinajstić information content (AvgIpc) is 2.92. The second-order valence-corrected chi connectivity index (χ2v) is 6.34. The summed E-state index contributed by atoms with van der Waals surface area (Å²) in [5.41, 5.74) is 2.02. The van der Waals surface area contributed by atoms with Crippen LogP contribution in [0.1, 0.15) is 25.3 Å². The molecule has 0 unspecified atom stereocenters. The van der Waals surface area contributed by atoms with Crippen LogP contribution in [0.2, 0.25) is 0 Å². The molecule has 2 rings (SSSR count). The summed E-state index contributed by atoms with van der Waals surface area (Å²) in [6, 6.07) is 9.46. The minimum absolute atomic E-state index is 0.342. The normalized spacial score (nSPS) is 12.5. The van der Waals surface area contributed by atoms with Crippen molar-refractivity contribution in [2.24, 2.45) is 5.92 Å². The molecule has 4 nitrogen and oxygen atoms in total. The first-order valence-corrected chi connectivity index (χ1v) is 7.90. The molecule has 0 aliphatic heterocycles. The fourth-order valence-electron chi connectivity index (χ4n) is 2.09. The quantitative estimate of drug-likeness (QED) is 0.823. The smallest absolute Gasteiger partial charge is 0.320 e. The van der Waals surface area contributed by atoms with Crippen molar-refractivity contribution in [1.29, 1.82) is 0 Å². The van der Waals surface area contributed by atoms with Gasteiger partial charge in [0.25, 0.3) is 0 Å². The van der Waals surface area contributed by atoms with Gasteiger partial charge in [-0.2, -0.15) is 0 Å². The van der Waals surface area contributed by atoms with Gasteiger partial charge in [-0.15, -0.1) is 11.3 Å². The highest BCUT2D eigenvalue weighted by molar-refractivity contribution is 7.09. The maximum atomic E-state index is 11.2. The Labute approximate surface area is 128 Å². The monoisotopic (exact) mass is 304 g/mol. The van der Waals surface area contributed by atoms with Crippen molar-refractivity contribution in [1.82, 2.24) is 10.3 Å². The number of aliphatic carboxylic acids is 1. The van der Waals surface area contributed by atoms with E-state index in [9.17, 15) is 9.90 Å². The molecular weight excluding hydrogens is 284 g/mol. The van der Waals surface area contributed by atoms with Crippen LogP contribution >= 0.6 is 11.3 Å². The standard InChI is InChI=1S/C16H20N2O2S/c1-11(2)8-13(16(19)20)17-9-15-18-14(10-21-15)12-6-4-3-5-7-12/h3-7,10-11,13,17H,8-9H2,1-2H3,(H,19,20)/t13-/m0/s1. The molecule has 0 aliphatic rings. The molecular formula is C16H20N2O2S. The fraction of sp³-hybridized carbons (Fsp3) is 0.375. The van der Waals surface area contributed by atoms with Gasteiger partial charge in [0, 0.05) is 17.5 Å². The number of hydrogen-bond donors (Lipinski definition) is 2. The molecule has 0 saturated heterocycles. The van der Waals surface area contributed by atoms with E-state index in [1.165, 1.54) is 0 Å². The molecule has 0 radical (unpaired) electrons. The zero-order valence-electron chi connectivity index (χ0n) is 12.2. The van der Waals surface area contributed by atoms with Crippen LogP contribution in [-0.4, -0.2) is 22.1 Å². The molecule has 0 spiro atoms. The van der Waals surface area contributed by atoms with E-state index >= 15 is 0 Å². The van der Waals surface area contributed by atoms with E-state index < -0.39 is 12.0 Å². The number of carbonyl (C=O) groups is 1. The molecule has 0 saturated carbocycles. The van der Waals surface area contributed by atoms with Gasteiger partial charge in [0.15, 0.2) is 0 Å². The third-order valence-corrected chi connectivity index (χ3v) is 3.98. The number of nitrogens with zero attached hydrogens (tertiary/aromatic N) is 1. The topological polar surface area (TPSA) is 62.2 Å². The first-order valence-electron chi connectivity index (χ1n) is 7.02. The molecule has 112 valence electrons. The molecule has 0 aliphatic carbocycles. The van der Waals surface area contributed by atoms with Crippen LogP contribution in [-0.2, 0) is 11.3 Å². The minimum Gasteiger partial charge on any atom is -0.480 e. The minimum atomic E-state index is -0.802. The van der Waals surface area contributed by atoms with E-state index in [0.717, 1.165) is 16.3 Å². The lowest BCUT2D eigenvalue weighted by Crippen LogP contribution is -2.37. The van der Waals surface area contributed by atoms with E-state index in [-0.39, 0.29) is 0 Å². The van der Waals surface area contributed by atoms with Gasteiger partial charge in [0.05, 0.1) is 5.69 Å². The van der Waals surface area contributed by atoms with Gasteiger partial charge in [-0.25, -0.2) is 4.98 Å². The highest BCUT2D eigenvalue weighted by atomic mass is 32.1. The number of benzene rings is 1.